The number of ether oxygens (including phenoxy) is 1. The van der Waals surface area contributed by atoms with Crippen molar-refractivity contribution in [3.05, 3.63) is 34.1 Å². The van der Waals surface area contributed by atoms with Crippen molar-refractivity contribution in [3.63, 3.8) is 0 Å². The molecule has 0 aliphatic rings. The van der Waals surface area contributed by atoms with Gasteiger partial charge in [-0.1, -0.05) is 0 Å². The van der Waals surface area contributed by atoms with Gasteiger partial charge in [-0.15, -0.1) is 0 Å². The molecule has 0 saturated carbocycles. The van der Waals surface area contributed by atoms with Gasteiger partial charge >= 0.3 is 11.7 Å². The van der Waals surface area contributed by atoms with E-state index in [2.05, 4.69) is 4.74 Å². The van der Waals surface area contributed by atoms with Gasteiger partial charge in [-0.3, -0.25) is 14.9 Å². The Morgan fingerprint density at radius 1 is 1.57 bits per heavy atom. The number of nitro benzene ring substituents is 1. The molecule has 0 aliphatic carbocycles. The van der Waals surface area contributed by atoms with Crippen LogP contribution in [0.5, 0.6) is 5.75 Å². The molecule has 14 heavy (non-hydrogen) atoms. The fourth-order valence-corrected chi connectivity index (χ4v) is 0.874. The molecule has 1 rings (SSSR count). The lowest BCUT2D eigenvalue weighted by molar-refractivity contribution is -0.385. The van der Waals surface area contributed by atoms with Gasteiger partial charge in [-0.2, -0.15) is 0 Å². The Bertz CT molecular complexity index is 391. The monoisotopic (exact) mass is 199 g/mol. The zero-order chi connectivity index (χ0) is 10.7. The Labute approximate surface area is 78.3 Å². The van der Waals surface area contributed by atoms with Crippen molar-refractivity contribution in [3.8, 4) is 5.75 Å². The fraction of sp³-hybridized carbons (Fsp3) is 0.125. The van der Waals surface area contributed by atoms with Crippen LogP contribution in [0.25, 0.3) is 0 Å². The van der Waals surface area contributed by atoms with Gasteiger partial charge in [-0.25, -0.2) is 4.39 Å². The zero-order valence-corrected chi connectivity index (χ0v) is 7.19. The van der Waals surface area contributed by atoms with Gasteiger partial charge in [0.2, 0.25) is 5.75 Å². The van der Waals surface area contributed by atoms with Crippen LogP contribution in [0.2, 0.25) is 0 Å². The summed E-state index contributed by atoms with van der Waals surface area (Å²) in [7, 11) is 0. The van der Waals surface area contributed by atoms with Crippen LogP contribution in [-0.2, 0) is 4.79 Å². The molecule has 0 spiro atoms. The average molecular weight is 199 g/mol. The van der Waals surface area contributed by atoms with Crippen molar-refractivity contribution < 1.29 is 18.8 Å². The lowest BCUT2D eigenvalue weighted by atomic mass is 10.3. The van der Waals surface area contributed by atoms with E-state index in [1.54, 1.807) is 0 Å². The molecule has 0 unspecified atom stereocenters. The van der Waals surface area contributed by atoms with Crippen molar-refractivity contribution >= 4 is 11.7 Å². The minimum atomic E-state index is -0.818. The van der Waals surface area contributed by atoms with Crippen LogP contribution in [0.3, 0.4) is 0 Å². The summed E-state index contributed by atoms with van der Waals surface area (Å²) in [6.07, 6.45) is 0. The van der Waals surface area contributed by atoms with Crippen LogP contribution in [0, 0.1) is 15.9 Å². The summed E-state index contributed by atoms with van der Waals surface area (Å²) in [6, 6.07) is 2.71. The molecule has 0 aliphatic heterocycles. The number of benzene rings is 1. The summed E-state index contributed by atoms with van der Waals surface area (Å²) in [5.74, 6) is -1.71. The molecular formula is C8H6FNO4. The summed E-state index contributed by atoms with van der Waals surface area (Å²) >= 11 is 0. The summed E-state index contributed by atoms with van der Waals surface area (Å²) in [5.41, 5.74) is -0.569. The van der Waals surface area contributed by atoms with E-state index in [1.165, 1.54) is 0 Å². The number of hydrogen-bond donors (Lipinski definition) is 0. The Kier molecular flexibility index (Phi) is 2.76. The van der Waals surface area contributed by atoms with Crippen molar-refractivity contribution in [1.82, 2.24) is 0 Å². The molecule has 0 heterocycles. The molecule has 0 saturated heterocycles. The third-order valence-corrected chi connectivity index (χ3v) is 1.37. The predicted molar refractivity (Wildman–Crippen MR) is 44.4 cm³/mol. The zero-order valence-electron chi connectivity index (χ0n) is 7.19. The smallest absolute Gasteiger partial charge is 0.314 e. The molecule has 0 fully saturated rings. The van der Waals surface area contributed by atoms with Crippen LogP contribution in [0.1, 0.15) is 6.92 Å². The Hall–Kier alpha value is -1.98. The normalized spacial score (nSPS) is 9.57. The SMILES string of the molecule is CC(=O)Oc1ccc(F)cc1[N+](=O)[O-]. The van der Waals surface area contributed by atoms with Crippen LogP contribution in [0.15, 0.2) is 18.2 Å². The highest BCUT2D eigenvalue weighted by Crippen LogP contribution is 2.27. The summed E-state index contributed by atoms with van der Waals surface area (Å²) in [4.78, 5) is 20.1. The van der Waals surface area contributed by atoms with Crippen molar-refractivity contribution in [2.24, 2.45) is 0 Å². The van der Waals surface area contributed by atoms with E-state index < -0.39 is 22.4 Å². The average Bonchev–Trinajstić information content (AvgIpc) is 2.07. The highest BCUT2D eigenvalue weighted by Gasteiger charge is 2.17. The van der Waals surface area contributed by atoms with Crippen molar-refractivity contribution in [2.75, 3.05) is 0 Å². The molecule has 0 amide bonds. The largest absolute Gasteiger partial charge is 0.419 e. The number of nitro groups is 1. The number of carbonyl (C=O) groups is 1. The topological polar surface area (TPSA) is 69.4 Å². The molecule has 0 atom stereocenters. The first-order valence-corrected chi connectivity index (χ1v) is 3.63. The Balaban J connectivity index is 3.14. The Morgan fingerprint density at radius 2 is 2.21 bits per heavy atom. The van der Waals surface area contributed by atoms with Crippen LogP contribution < -0.4 is 4.74 Å². The van der Waals surface area contributed by atoms with E-state index in [4.69, 9.17) is 0 Å². The van der Waals surface area contributed by atoms with Gasteiger partial charge in [0.15, 0.2) is 0 Å². The first-order valence-electron chi connectivity index (χ1n) is 3.63. The van der Waals surface area contributed by atoms with Gasteiger partial charge in [0.05, 0.1) is 11.0 Å². The molecule has 5 nitrogen and oxygen atoms in total. The van der Waals surface area contributed by atoms with E-state index in [0.29, 0.717) is 6.07 Å². The van der Waals surface area contributed by atoms with E-state index >= 15 is 0 Å². The first-order chi connectivity index (χ1) is 6.50. The van der Waals surface area contributed by atoms with Crippen molar-refractivity contribution in [1.29, 1.82) is 0 Å². The van der Waals surface area contributed by atoms with Gasteiger partial charge in [0.1, 0.15) is 5.82 Å². The lowest BCUT2D eigenvalue weighted by Gasteiger charge is -2.01. The van der Waals surface area contributed by atoms with Gasteiger partial charge < -0.3 is 4.74 Å². The van der Waals surface area contributed by atoms with E-state index in [9.17, 15) is 19.3 Å². The Morgan fingerprint density at radius 3 is 2.71 bits per heavy atom. The van der Waals surface area contributed by atoms with Gasteiger partial charge in [-0.05, 0) is 12.1 Å². The van der Waals surface area contributed by atoms with Crippen LogP contribution in [-0.4, -0.2) is 10.9 Å². The second-order valence-corrected chi connectivity index (χ2v) is 2.46. The number of halogens is 1. The molecule has 1 aromatic rings. The maximum Gasteiger partial charge on any atom is 0.314 e. The summed E-state index contributed by atoms with van der Waals surface area (Å²) < 4.78 is 17.1. The van der Waals surface area contributed by atoms with Crippen molar-refractivity contribution in [2.45, 2.75) is 6.92 Å². The highest BCUT2D eigenvalue weighted by atomic mass is 19.1. The standard InChI is InChI=1S/C8H6FNO4/c1-5(11)14-8-3-2-6(9)4-7(8)10(12)13/h2-4H,1H3. The fourth-order valence-electron chi connectivity index (χ4n) is 0.874. The molecule has 0 N–H and O–H groups in total. The lowest BCUT2D eigenvalue weighted by Crippen LogP contribution is -2.04. The molecule has 6 heteroatoms. The summed E-state index contributed by atoms with van der Waals surface area (Å²) in [6.45, 7) is 1.10. The highest BCUT2D eigenvalue weighted by molar-refractivity contribution is 5.71. The van der Waals surface area contributed by atoms with Crippen LogP contribution in [0.4, 0.5) is 10.1 Å². The molecule has 0 aromatic heterocycles. The first kappa shape index (κ1) is 10.1. The predicted octanol–water partition coefficient (Wildman–Crippen LogP) is 1.66. The number of nitrogens with zero attached hydrogens (tertiary/aromatic N) is 1. The third kappa shape index (κ3) is 2.25. The van der Waals surface area contributed by atoms with E-state index in [-0.39, 0.29) is 5.75 Å². The number of rotatable bonds is 2. The molecular weight excluding hydrogens is 193 g/mol. The van der Waals surface area contributed by atoms with Crippen LogP contribution >= 0.6 is 0 Å². The second-order valence-electron chi connectivity index (χ2n) is 2.46. The number of esters is 1. The molecule has 0 radical (unpaired) electrons. The van der Waals surface area contributed by atoms with Gasteiger partial charge in [0.25, 0.3) is 0 Å². The molecule has 74 valence electrons. The maximum absolute atomic E-state index is 12.6. The maximum atomic E-state index is 12.6. The van der Waals surface area contributed by atoms with Gasteiger partial charge in [0, 0.05) is 6.92 Å². The number of hydrogen-bond acceptors (Lipinski definition) is 4. The van der Waals surface area contributed by atoms with E-state index in [0.717, 1.165) is 19.1 Å². The molecule has 0 bridgehead atoms. The second kappa shape index (κ2) is 3.82. The molecule has 1 aromatic carbocycles. The summed E-state index contributed by atoms with van der Waals surface area (Å²) in [5, 5.41) is 10.4. The third-order valence-electron chi connectivity index (χ3n) is 1.37. The quantitative estimate of drug-likeness (QED) is 0.314. The minimum absolute atomic E-state index is 0.260. The minimum Gasteiger partial charge on any atom is -0.419 e. The number of carbonyl (C=O) groups excluding carboxylic acids is 1. The van der Waals surface area contributed by atoms with E-state index in [1.807, 2.05) is 0 Å².